The van der Waals surface area contributed by atoms with Gasteiger partial charge in [0.15, 0.2) is 14.1 Å². The first-order valence-electron chi connectivity index (χ1n) is 11.2. The summed E-state index contributed by atoms with van der Waals surface area (Å²) in [5.41, 5.74) is 0. The number of rotatable bonds is 7. The third-order valence-electron chi connectivity index (χ3n) is 6.75. The third-order valence-corrected chi connectivity index (χ3v) is 11.3. The van der Waals surface area contributed by atoms with Gasteiger partial charge < -0.3 is 38.5 Å². The Hall–Kier alpha value is -1.08. The first-order valence-corrected chi connectivity index (χ1v) is 14.2. The predicted octanol–water partition coefficient (Wildman–Crippen LogP) is 1.70. The molecule has 0 spiro atoms. The number of hydrogen-bond donors (Lipinski definition) is 2. The van der Waals surface area contributed by atoms with Crippen LogP contribution >= 0.6 is 0 Å². The minimum absolute atomic E-state index is 0.0234. The highest BCUT2D eigenvalue weighted by Crippen LogP contribution is 2.42. The van der Waals surface area contributed by atoms with Gasteiger partial charge in [-0.25, -0.2) is 4.79 Å². The number of carbonyl (C=O) groups is 2. The minimum Gasteiger partial charge on any atom is -0.465 e. The van der Waals surface area contributed by atoms with Gasteiger partial charge in [0.2, 0.25) is 5.91 Å². The lowest BCUT2D eigenvalue weighted by Gasteiger charge is -2.50. The molecular formula is C22H41NO9Si. The van der Waals surface area contributed by atoms with Crippen LogP contribution in [0.4, 0.5) is 0 Å². The molecule has 0 aromatic rings. The van der Waals surface area contributed by atoms with Crippen LogP contribution in [0.1, 0.15) is 48.0 Å². The van der Waals surface area contributed by atoms with E-state index in [2.05, 4.69) is 39.2 Å². The van der Waals surface area contributed by atoms with Gasteiger partial charge >= 0.3 is 5.97 Å². The summed E-state index contributed by atoms with van der Waals surface area (Å²) in [5, 5.41) is 14.0. The van der Waals surface area contributed by atoms with E-state index in [1.807, 2.05) is 0 Å². The van der Waals surface area contributed by atoms with Crippen LogP contribution in [0.5, 0.6) is 0 Å². The molecule has 6 atom stereocenters. The summed E-state index contributed by atoms with van der Waals surface area (Å²) in [6.45, 7) is 15.4. The molecule has 0 bridgehead atoms. The summed E-state index contributed by atoms with van der Waals surface area (Å²) in [4.78, 5) is 25.0. The van der Waals surface area contributed by atoms with Crippen LogP contribution in [0, 0.1) is 0 Å². The molecule has 1 amide bonds. The number of ether oxygens (including phenoxy) is 5. The number of hydrogen-bond acceptors (Lipinski definition) is 9. The molecule has 0 radical (unpaired) electrons. The summed E-state index contributed by atoms with van der Waals surface area (Å²) in [6, 6.07) is -0.771. The number of amides is 1. The maximum absolute atomic E-state index is 12.8. The third kappa shape index (κ3) is 6.13. The van der Waals surface area contributed by atoms with Crippen molar-refractivity contribution in [3.05, 3.63) is 0 Å². The van der Waals surface area contributed by atoms with Crippen molar-refractivity contribution in [3.8, 4) is 0 Å². The Bertz CT molecular complexity index is 723. The predicted molar refractivity (Wildman–Crippen MR) is 122 cm³/mol. The van der Waals surface area contributed by atoms with E-state index in [9.17, 15) is 14.7 Å². The lowest BCUT2D eigenvalue weighted by molar-refractivity contribution is -0.304. The molecule has 0 saturated carbocycles. The molecule has 0 aromatic heterocycles. The Labute approximate surface area is 197 Å². The van der Waals surface area contributed by atoms with Gasteiger partial charge in [-0.05, 0) is 32.0 Å². The Morgan fingerprint density at radius 2 is 1.79 bits per heavy atom. The number of aliphatic hydroxyl groups is 1. The zero-order chi connectivity index (χ0) is 25.4. The zero-order valence-corrected chi connectivity index (χ0v) is 22.5. The van der Waals surface area contributed by atoms with Gasteiger partial charge in [-0.1, -0.05) is 20.8 Å². The molecule has 1 unspecified atom stereocenters. The standard InChI is InChI=1S/C22H41NO9Si/c1-13(24)23-16-14(32-33(9,10)20(2,3)4)11-22(28-8,19(26)27-7)31-18(16)17(25)15-12-29-21(5,6)30-15/h14-18,25H,11-12H2,1-10H3,(H,23,24)/t14-,15+,16+,17+,18+,22?/m0/s1. The van der Waals surface area contributed by atoms with Crippen molar-refractivity contribution in [2.24, 2.45) is 0 Å². The molecule has 0 aromatic carbocycles. The van der Waals surface area contributed by atoms with E-state index in [4.69, 9.17) is 28.1 Å². The van der Waals surface area contributed by atoms with Crippen molar-refractivity contribution in [1.82, 2.24) is 5.32 Å². The van der Waals surface area contributed by atoms with Gasteiger partial charge in [0, 0.05) is 20.5 Å². The fourth-order valence-electron chi connectivity index (χ4n) is 3.90. The normalized spacial score (nSPS) is 33.4. The van der Waals surface area contributed by atoms with Crippen LogP contribution in [0.25, 0.3) is 0 Å². The van der Waals surface area contributed by atoms with Crippen LogP contribution in [-0.4, -0.2) is 88.2 Å². The van der Waals surface area contributed by atoms with Gasteiger partial charge in [0.05, 0.1) is 25.9 Å². The van der Waals surface area contributed by atoms with Crippen LogP contribution in [0.2, 0.25) is 18.1 Å². The number of methoxy groups -OCH3 is 2. The lowest BCUT2D eigenvalue weighted by atomic mass is 9.88. The maximum Gasteiger partial charge on any atom is 0.366 e. The highest BCUT2D eigenvalue weighted by atomic mass is 28.4. The number of aliphatic hydroxyl groups excluding tert-OH is 1. The fourth-order valence-corrected chi connectivity index (χ4v) is 5.24. The molecule has 0 aliphatic carbocycles. The number of nitrogens with one attached hydrogen (secondary N) is 1. The average Bonchev–Trinajstić information content (AvgIpc) is 3.06. The van der Waals surface area contributed by atoms with E-state index in [1.165, 1.54) is 21.1 Å². The molecule has 2 heterocycles. The Morgan fingerprint density at radius 1 is 1.18 bits per heavy atom. The largest absolute Gasteiger partial charge is 0.465 e. The van der Waals surface area contributed by atoms with E-state index in [1.54, 1.807) is 13.8 Å². The Kier molecular flexibility index (Phi) is 8.43. The second kappa shape index (κ2) is 9.88. The average molecular weight is 492 g/mol. The Balaban J connectivity index is 2.52. The highest BCUT2D eigenvalue weighted by molar-refractivity contribution is 6.74. The van der Waals surface area contributed by atoms with E-state index in [-0.39, 0.29) is 24.0 Å². The first-order chi connectivity index (χ1) is 15.0. The molecule has 11 heteroatoms. The zero-order valence-electron chi connectivity index (χ0n) is 21.5. The van der Waals surface area contributed by atoms with E-state index in [0.717, 1.165) is 0 Å². The van der Waals surface area contributed by atoms with Crippen molar-refractivity contribution in [3.63, 3.8) is 0 Å². The molecule has 10 nitrogen and oxygen atoms in total. The molecule has 2 aliphatic rings. The highest BCUT2D eigenvalue weighted by Gasteiger charge is 2.58. The van der Waals surface area contributed by atoms with Crippen molar-refractivity contribution >= 4 is 20.2 Å². The van der Waals surface area contributed by atoms with Crippen molar-refractivity contribution in [2.45, 2.75) is 108 Å². The first kappa shape index (κ1) is 28.2. The molecule has 192 valence electrons. The van der Waals surface area contributed by atoms with Gasteiger partial charge in [0.1, 0.15) is 18.3 Å². The van der Waals surface area contributed by atoms with Crippen molar-refractivity contribution in [2.75, 3.05) is 20.8 Å². The Morgan fingerprint density at radius 3 is 2.21 bits per heavy atom. The molecule has 2 rings (SSSR count). The molecule has 2 N–H and O–H groups in total. The minimum atomic E-state index is -2.38. The van der Waals surface area contributed by atoms with Crippen LogP contribution in [-0.2, 0) is 37.7 Å². The lowest BCUT2D eigenvalue weighted by Crippen LogP contribution is -2.69. The molecule has 2 fully saturated rings. The molecular weight excluding hydrogens is 450 g/mol. The summed E-state index contributed by atoms with van der Waals surface area (Å²) in [5.74, 6) is -3.79. The van der Waals surface area contributed by atoms with Gasteiger partial charge in [-0.2, -0.15) is 0 Å². The van der Waals surface area contributed by atoms with E-state index < -0.39 is 56.3 Å². The summed E-state index contributed by atoms with van der Waals surface area (Å²) >= 11 is 0. The summed E-state index contributed by atoms with van der Waals surface area (Å²) < 4.78 is 34.7. The molecule has 2 aliphatic heterocycles. The van der Waals surface area contributed by atoms with Crippen LogP contribution in [0.15, 0.2) is 0 Å². The van der Waals surface area contributed by atoms with Gasteiger partial charge in [0.25, 0.3) is 5.79 Å². The molecule has 33 heavy (non-hydrogen) atoms. The van der Waals surface area contributed by atoms with E-state index >= 15 is 0 Å². The second-order valence-corrected chi connectivity index (χ2v) is 15.5. The topological polar surface area (TPSA) is 122 Å². The van der Waals surface area contributed by atoms with Crippen LogP contribution < -0.4 is 5.32 Å². The summed E-state index contributed by atoms with van der Waals surface area (Å²) in [7, 11) is 0.192. The number of esters is 1. The fraction of sp³-hybridized carbons (Fsp3) is 0.909. The quantitative estimate of drug-likeness (QED) is 0.405. The van der Waals surface area contributed by atoms with Crippen LogP contribution in [0.3, 0.4) is 0 Å². The van der Waals surface area contributed by atoms with Crippen molar-refractivity contribution < 1.29 is 42.8 Å². The second-order valence-electron chi connectivity index (χ2n) is 10.7. The van der Waals surface area contributed by atoms with Gasteiger partial charge in [-0.15, -0.1) is 0 Å². The smallest absolute Gasteiger partial charge is 0.366 e. The SMILES string of the molecule is COC(=O)C1(OC)C[C@H](O[Si](C)(C)C(C)(C)C)[C@@H](NC(C)=O)[C@H]([C@H](O)[C@H]2COC(C)(C)O2)O1. The molecule has 2 saturated heterocycles. The number of carbonyl (C=O) groups excluding carboxylic acids is 2. The van der Waals surface area contributed by atoms with E-state index in [0.29, 0.717) is 0 Å². The summed E-state index contributed by atoms with van der Waals surface area (Å²) in [6.07, 6.45) is -3.82. The monoisotopic (exact) mass is 491 g/mol. The van der Waals surface area contributed by atoms with Gasteiger partial charge in [-0.3, -0.25) is 4.79 Å². The van der Waals surface area contributed by atoms with Crippen molar-refractivity contribution in [1.29, 1.82) is 0 Å². The maximum atomic E-state index is 12.8.